The number of H-pyrrole nitrogens is 1. The third-order valence-electron chi connectivity index (χ3n) is 4.61. The second kappa shape index (κ2) is 5.23. The zero-order chi connectivity index (χ0) is 14.2. The summed E-state index contributed by atoms with van der Waals surface area (Å²) in [4.78, 5) is 3.58. The number of hydrogen-bond donors (Lipinski definition) is 3. The Hall–Kier alpha value is -1.32. The van der Waals surface area contributed by atoms with Gasteiger partial charge in [0.2, 0.25) is 0 Å². The smallest absolute Gasteiger partial charge is 0.0741 e. The molecule has 20 heavy (non-hydrogen) atoms. The molecule has 108 valence electrons. The Balaban J connectivity index is 1.86. The molecule has 0 bridgehead atoms. The van der Waals surface area contributed by atoms with Crippen LogP contribution in [0.1, 0.15) is 50.4 Å². The molecule has 3 nitrogen and oxygen atoms in total. The van der Waals surface area contributed by atoms with Gasteiger partial charge < -0.3 is 15.4 Å². The molecule has 1 aromatic carbocycles. The van der Waals surface area contributed by atoms with E-state index in [0.717, 1.165) is 19.3 Å². The first-order chi connectivity index (χ1) is 9.61. The molecular formula is C17H24N2O. The highest BCUT2D eigenvalue weighted by Gasteiger charge is 2.26. The Morgan fingerprint density at radius 3 is 3.00 bits per heavy atom. The molecule has 0 amide bonds. The minimum absolute atomic E-state index is 0.337. The summed E-state index contributed by atoms with van der Waals surface area (Å²) < 4.78 is 0. The maximum atomic E-state index is 10.2. The molecule has 3 N–H and O–H groups in total. The molecule has 1 aliphatic carbocycles. The molecule has 1 aliphatic rings. The van der Waals surface area contributed by atoms with Crippen molar-refractivity contribution in [3.05, 3.63) is 35.5 Å². The number of fused-ring (bicyclic) bond motifs is 3. The first-order valence-electron chi connectivity index (χ1n) is 7.66. The third kappa shape index (κ3) is 2.48. The molecule has 0 saturated heterocycles. The van der Waals surface area contributed by atoms with Gasteiger partial charge in [0.15, 0.2) is 0 Å². The van der Waals surface area contributed by atoms with E-state index in [-0.39, 0.29) is 0 Å². The van der Waals surface area contributed by atoms with E-state index in [1.165, 1.54) is 28.6 Å². The fraction of sp³-hybridized carbons (Fsp3) is 0.529. The van der Waals surface area contributed by atoms with Crippen molar-refractivity contribution in [2.45, 2.75) is 51.2 Å². The second-order valence-electron chi connectivity index (χ2n) is 6.24. The molecule has 0 aliphatic heterocycles. The molecule has 3 heteroatoms. The van der Waals surface area contributed by atoms with Gasteiger partial charge in [0.05, 0.1) is 5.60 Å². The van der Waals surface area contributed by atoms with Crippen molar-refractivity contribution in [1.29, 1.82) is 0 Å². The maximum Gasteiger partial charge on any atom is 0.0741 e. The van der Waals surface area contributed by atoms with Crippen LogP contribution in [0.4, 0.5) is 0 Å². The average Bonchev–Trinajstić information content (AvgIpc) is 2.84. The Morgan fingerprint density at radius 2 is 2.20 bits per heavy atom. The number of nitrogens with one attached hydrogen (secondary N) is 2. The quantitative estimate of drug-likeness (QED) is 0.800. The van der Waals surface area contributed by atoms with E-state index in [1.807, 2.05) is 13.8 Å². The number of aromatic nitrogens is 1. The van der Waals surface area contributed by atoms with Crippen LogP contribution in [-0.2, 0) is 6.42 Å². The SMILES string of the molecule is CCC(C)(O)CNC1CCCc2c1[nH]c1ccccc21. The maximum absolute atomic E-state index is 10.2. The van der Waals surface area contributed by atoms with Crippen LogP contribution in [0, 0.1) is 0 Å². The zero-order valence-electron chi connectivity index (χ0n) is 12.4. The predicted molar refractivity (Wildman–Crippen MR) is 82.9 cm³/mol. The van der Waals surface area contributed by atoms with Crippen LogP contribution in [-0.4, -0.2) is 22.2 Å². The standard InChI is InChI=1S/C17H24N2O/c1-3-17(2,20)11-18-15-10-6-8-13-12-7-4-5-9-14(12)19-16(13)15/h4-5,7,9,15,18-20H,3,6,8,10-11H2,1-2H3. The van der Waals surface area contributed by atoms with Gasteiger partial charge in [0.1, 0.15) is 0 Å². The topological polar surface area (TPSA) is 48.0 Å². The molecule has 3 rings (SSSR count). The van der Waals surface area contributed by atoms with Gasteiger partial charge in [-0.05, 0) is 44.2 Å². The van der Waals surface area contributed by atoms with E-state index in [9.17, 15) is 5.11 Å². The number of aryl methyl sites for hydroxylation is 1. The number of benzene rings is 1. The monoisotopic (exact) mass is 272 g/mol. The van der Waals surface area contributed by atoms with Crippen molar-refractivity contribution in [3.8, 4) is 0 Å². The Kier molecular flexibility index (Phi) is 3.57. The lowest BCUT2D eigenvalue weighted by molar-refractivity contribution is 0.0520. The third-order valence-corrected chi connectivity index (χ3v) is 4.61. The van der Waals surface area contributed by atoms with Crippen LogP contribution in [0.5, 0.6) is 0 Å². The van der Waals surface area contributed by atoms with E-state index in [2.05, 4.69) is 34.6 Å². The van der Waals surface area contributed by atoms with Gasteiger partial charge in [-0.25, -0.2) is 0 Å². The van der Waals surface area contributed by atoms with Crippen LogP contribution in [0.15, 0.2) is 24.3 Å². The summed E-state index contributed by atoms with van der Waals surface area (Å²) in [5.74, 6) is 0. The summed E-state index contributed by atoms with van der Waals surface area (Å²) in [6.45, 7) is 4.56. The molecule has 0 spiro atoms. The van der Waals surface area contributed by atoms with Gasteiger partial charge in [0.25, 0.3) is 0 Å². The normalized spacial score (nSPS) is 21.6. The largest absolute Gasteiger partial charge is 0.389 e. The van der Waals surface area contributed by atoms with E-state index in [0.29, 0.717) is 12.6 Å². The van der Waals surface area contributed by atoms with E-state index in [1.54, 1.807) is 0 Å². The summed E-state index contributed by atoms with van der Waals surface area (Å²) in [5.41, 5.74) is 3.39. The lowest BCUT2D eigenvalue weighted by atomic mass is 9.91. The van der Waals surface area contributed by atoms with Gasteiger partial charge in [0, 0.05) is 29.2 Å². The molecule has 0 fully saturated rings. The van der Waals surface area contributed by atoms with Gasteiger partial charge >= 0.3 is 0 Å². The van der Waals surface area contributed by atoms with Gasteiger partial charge in [-0.2, -0.15) is 0 Å². The number of hydrogen-bond acceptors (Lipinski definition) is 2. The summed E-state index contributed by atoms with van der Waals surface area (Å²) in [5, 5.41) is 15.1. The van der Waals surface area contributed by atoms with Crippen molar-refractivity contribution in [1.82, 2.24) is 10.3 Å². The molecule has 1 aromatic heterocycles. The Labute approximate surface area is 120 Å². The van der Waals surface area contributed by atoms with Crippen molar-refractivity contribution >= 4 is 10.9 Å². The lowest BCUT2D eigenvalue weighted by Crippen LogP contribution is -2.39. The highest BCUT2D eigenvalue weighted by molar-refractivity contribution is 5.85. The fourth-order valence-corrected chi connectivity index (χ4v) is 3.09. The van der Waals surface area contributed by atoms with E-state index in [4.69, 9.17) is 0 Å². The van der Waals surface area contributed by atoms with Gasteiger partial charge in [-0.3, -0.25) is 0 Å². The molecule has 2 unspecified atom stereocenters. The molecule has 2 aromatic rings. The minimum atomic E-state index is -0.621. The second-order valence-corrected chi connectivity index (χ2v) is 6.24. The number of rotatable bonds is 4. The van der Waals surface area contributed by atoms with Crippen LogP contribution in [0.2, 0.25) is 0 Å². The zero-order valence-corrected chi connectivity index (χ0v) is 12.4. The van der Waals surface area contributed by atoms with Crippen molar-refractivity contribution in [3.63, 3.8) is 0 Å². The van der Waals surface area contributed by atoms with Crippen LogP contribution >= 0.6 is 0 Å². The first kappa shape index (κ1) is 13.7. The van der Waals surface area contributed by atoms with E-state index >= 15 is 0 Å². The van der Waals surface area contributed by atoms with Crippen LogP contribution in [0.3, 0.4) is 0 Å². The summed E-state index contributed by atoms with van der Waals surface area (Å²) in [6, 6.07) is 8.87. The number of aliphatic hydroxyl groups is 1. The summed E-state index contributed by atoms with van der Waals surface area (Å²) >= 11 is 0. The van der Waals surface area contributed by atoms with Crippen molar-refractivity contribution in [2.75, 3.05) is 6.54 Å². The fourth-order valence-electron chi connectivity index (χ4n) is 3.09. The summed E-state index contributed by atoms with van der Waals surface area (Å²) in [6.07, 6.45) is 4.27. The molecule has 0 saturated carbocycles. The number of aromatic amines is 1. The highest BCUT2D eigenvalue weighted by Crippen LogP contribution is 2.34. The predicted octanol–water partition coefficient (Wildman–Crippen LogP) is 3.30. The molecular weight excluding hydrogens is 248 g/mol. The Morgan fingerprint density at radius 1 is 1.40 bits per heavy atom. The first-order valence-corrected chi connectivity index (χ1v) is 7.66. The van der Waals surface area contributed by atoms with Crippen LogP contribution in [0.25, 0.3) is 10.9 Å². The molecule has 1 heterocycles. The molecule has 0 radical (unpaired) electrons. The lowest BCUT2D eigenvalue weighted by Gasteiger charge is -2.28. The molecule has 2 atom stereocenters. The minimum Gasteiger partial charge on any atom is -0.389 e. The summed E-state index contributed by atoms with van der Waals surface area (Å²) in [7, 11) is 0. The van der Waals surface area contributed by atoms with Gasteiger partial charge in [-0.1, -0.05) is 25.1 Å². The Bertz CT molecular complexity index is 600. The highest BCUT2D eigenvalue weighted by atomic mass is 16.3. The van der Waals surface area contributed by atoms with Gasteiger partial charge in [-0.15, -0.1) is 0 Å². The van der Waals surface area contributed by atoms with Crippen LogP contribution < -0.4 is 5.32 Å². The van der Waals surface area contributed by atoms with Crippen molar-refractivity contribution in [2.24, 2.45) is 0 Å². The number of para-hydroxylation sites is 1. The van der Waals surface area contributed by atoms with E-state index < -0.39 is 5.60 Å². The van der Waals surface area contributed by atoms with Crippen molar-refractivity contribution < 1.29 is 5.11 Å². The average molecular weight is 272 g/mol.